The summed E-state index contributed by atoms with van der Waals surface area (Å²) in [6.07, 6.45) is 7.14. The molecular weight excluding hydrogens is 296 g/mol. The van der Waals surface area contributed by atoms with Crippen LogP contribution in [0.4, 0.5) is 5.69 Å². The highest BCUT2D eigenvalue weighted by Crippen LogP contribution is 2.24. The Hall–Kier alpha value is -0.450. The molecule has 0 aliphatic heterocycles. The van der Waals surface area contributed by atoms with Crippen LogP contribution in [0.25, 0.3) is 0 Å². The van der Waals surface area contributed by atoms with Gasteiger partial charge in [-0.15, -0.1) is 0 Å². The maximum Gasteiger partial charge on any atom is 0.107 e. The lowest BCUT2D eigenvalue weighted by molar-refractivity contribution is 0.689. The largest absolute Gasteiger partial charge is 0.389 e. The minimum Gasteiger partial charge on any atom is -0.389 e. The summed E-state index contributed by atoms with van der Waals surface area (Å²) in [6.45, 7) is 0.926. The summed E-state index contributed by atoms with van der Waals surface area (Å²) in [7, 11) is 0. The maximum atomic E-state index is 6.11. The van der Waals surface area contributed by atoms with E-state index in [0.717, 1.165) is 24.2 Å². The van der Waals surface area contributed by atoms with Gasteiger partial charge in [-0.25, -0.2) is 0 Å². The van der Waals surface area contributed by atoms with Crippen LogP contribution in [0.3, 0.4) is 0 Å². The average Bonchev–Trinajstić information content (AvgIpc) is 2.37. The number of rotatable bonds is 9. The molecule has 0 bridgehead atoms. The molecule has 0 fully saturated rings. The van der Waals surface area contributed by atoms with Crippen LogP contribution in [-0.2, 0) is 0 Å². The molecule has 0 amide bonds. The molecule has 0 heterocycles. The first-order chi connectivity index (χ1) is 9.16. The minimum absolute atomic E-state index is 0.341. The van der Waals surface area contributed by atoms with Gasteiger partial charge in [0.1, 0.15) is 4.99 Å². The minimum atomic E-state index is 0.341. The number of anilines is 1. The van der Waals surface area contributed by atoms with Crippen LogP contribution >= 0.6 is 35.6 Å². The van der Waals surface area contributed by atoms with Gasteiger partial charge in [0.25, 0.3) is 0 Å². The number of thiocarbonyl (C=S) groups is 1. The van der Waals surface area contributed by atoms with Crippen molar-refractivity contribution in [1.82, 2.24) is 0 Å². The van der Waals surface area contributed by atoms with Gasteiger partial charge in [-0.05, 0) is 37.0 Å². The van der Waals surface area contributed by atoms with E-state index in [2.05, 4.69) is 11.6 Å². The summed E-state index contributed by atoms with van der Waals surface area (Å²) in [6, 6.07) is 5.68. The fourth-order valence-corrected chi connectivity index (χ4v) is 2.91. The molecule has 0 unspecified atom stereocenters. The van der Waals surface area contributed by atoms with E-state index in [-0.39, 0.29) is 0 Å². The Morgan fingerprint density at radius 2 is 2.05 bits per heavy atom. The van der Waals surface area contributed by atoms with Crippen molar-refractivity contribution in [2.75, 3.05) is 23.9 Å². The molecule has 1 aromatic carbocycles. The van der Waals surface area contributed by atoms with Gasteiger partial charge in [0.15, 0.2) is 0 Å². The van der Waals surface area contributed by atoms with E-state index in [0.29, 0.717) is 10.0 Å². The maximum absolute atomic E-state index is 6.11. The summed E-state index contributed by atoms with van der Waals surface area (Å²) >= 11 is 13.1. The Morgan fingerprint density at radius 1 is 1.32 bits per heavy atom. The molecule has 0 aliphatic rings. The summed E-state index contributed by atoms with van der Waals surface area (Å²) in [4.78, 5) is 0.341. The zero-order valence-electron chi connectivity index (χ0n) is 11.2. The number of hydrogen-bond acceptors (Lipinski definition) is 3. The van der Waals surface area contributed by atoms with E-state index < -0.39 is 0 Å². The van der Waals surface area contributed by atoms with Crippen LogP contribution in [0, 0.1) is 0 Å². The number of nitrogens with two attached hydrogens (primary N) is 1. The molecule has 2 nitrogen and oxygen atoms in total. The summed E-state index contributed by atoms with van der Waals surface area (Å²) < 4.78 is 0. The van der Waals surface area contributed by atoms with Crippen molar-refractivity contribution in [3.8, 4) is 0 Å². The van der Waals surface area contributed by atoms with Crippen LogP contribution in [0.5, 0.6) is 0 Å². The first-order valence-electron chi connectivity index (χ1n) is 6.48. The summed E-state index contributed by atoms with van der Waals surface area (Å²) in [5, 5.41) is 3.98. The average molecular weight is 317 g/mol. The van der Waals surface area contributed by atoms with Gasteiger partial charge >= 0.3 is 0 Å². The molecule has 0 saturated carbocycles. The van der Waals surface area contributed by atoms with E-state index >= 15 is 0 Å². The normalized spacial score (nSPS) is 10.4. The van der Waals surface area contributed by atoms with Crippen LogP contribution < -0.4 is 11.1 Å². The quantitative estimate of drug-likeness (QED) is 0.526. The Kier molecular flexibility index (Phi) is 8.26. The van der Waals surface area contributed by atoms with E-state index in [9.17, 15) is 0 Å². The van der Waals surface area contributed by atoms with Crippen molar-refractivity contribution in [2.24, 2.45) is 5.73 Å². The molecular formula is C14H21ClN2S2. The number of unbranched alkanes of at least 4 members (excludes halogenated alkanes) is 3. The third-order valence-electron chi connectivity index (χ3n) is 2.85. The third-order valence-corrected chi connectivity index (χ3v) is 4.07. The molecule has 5 heteroatoms. The number of benzene rings is 1. The van der Waals surface area contributed by atoms with E-state index in [1.807, 2.05) is 30.0 Å². The van der Waals surface area contributed by atoms with Gasteiger partial charge in [0.05, 0.1) is 10.6 Å². The second kappa shape index (κ2) is 9.45. The Morgan fingerprint density at radius 3 is 2.74 bits per heavy atom. The molecule has 19 heavy (non-hydrogen) atoms. The van der Waals surface area contributed by atoms with Gasteiger partial charge in [0.2, 0.25) is 0 Å². The third kappa shape index (κ3) is 6.02. The van der Waals surface area contributed by atoms with Gasteiger partial charge in [-0.3, -0.25) is 0 Å². The van der Waals surface area contributed by atoms with E-state index in [1.165, 1.54) is 25.0 Å². The van der Waals surface area contributed by atoms with Crippen molar-refractivity contribution in [1.29, 1.82) is 0 Å². The number of hydrogen-bond donors (Lipinski definition) is 2. The van der Waals surface area contributed by atoms with Gasteiger partial charge in [0, 0.05) is 12.2 Å². The number of halogens is 1. The monoisotopic (exact) mass is 316 g/mol. The van der Waals surface area contributed by atoms with Crippen molar-refractivity contribution in [3.63, 3.8) is 0 Å². The predicted molar refractivity (Wildman–Crippen MR) is 92.7 cm³/mol. The highest BCUT2D eigenvalue weighted by atomic mass is 35.5. The Labute approximate surface area is 130 Å². The van der Waals surface area contributed by atoms with Crippen LogP contribution in [0.15, 0.2) is 18.2 Å². The summed E-state index contributed by atoms with van der Waals surface area (Å²) in [5.74, 6) is 1.26. The molecule has 1 aromatic rings. The van der Waals surface area contributed by atoms with Crippen molar-refractivity contribution in [2.45, 2.75) is 25.7 Å². The van der Waals surface area contributed by atoms with Gasteiger partial charge < -0.3 is 11.1 Å². The summed E-state index contributed by atoms with van der Waals surface area (Å²) in [5.41, 5.74) is 7.39. The molecule has 0 saturated heterocycles. The number of nitrogens with one attached hydrogen (secondary N) is 1. The zero-order valence-corrected chi connectivity index (χ0v) is 13.6. The fraction of sp³-hybridized carbons (Fsp3) is 0.500. The second-order valence-electron chi connectivity index (χ2n) is 4.36. The molecule has 0 aromatic heterocycles. The second-order valence-corrected chi connectivity index (χ2v) is 6.19. The Bertz CT molecular complexity index is 410. The smallest absolute Gasteiger partial charge is 0.107 e. The molecule has 1 rings (SSSR count). The highest BCUT2D eigenvalue weighted by molar-refractivity contribution is 7.98. The Balaban J connectivity index is 2.37. The van der Waals surface area contributed by atoms with Crippen LogP contribution in [0.2, 0.25) is 5.02 Å². The van der Waals surface area contributed by atoms with Crippen LogP contribution in [0.1, 0.15) is 31.2 Å². The molecule has 3 N–H and O–H groups in total. The van der Waals surface area contributed by atoms with E-state index in [1.54, 1.807) is 0 Å². The molecule has 0 aliphatic carbocycles. The fourth-order valence-electron chi connectivity index (χ4n) is 1.87. The zero-order chi connectivity index (χ0) is 14.1. The predicted octanol–water partition coefficient (Wildman–Crippen LogP) is 4.31. The van der Waals surface area contributed by atoms with Crippen molar-refractivity contribution < 1.29 is 0 Å². The lowest BCUT2D eigenvalue weighted by Gasteiger charge is -2.12. The van der Waals surface area contributed by atoms with E-state index in [4.69, 9.17) is 29.6 Å². The van der Waals surface area contributed by atoms with Crippen molar-refractivity contribution in [3.05, 3.63) is 28.8 Å². The molecule has 0 atom stereocenters. The lowest BCUT2D eigenvalue weighted by atomic mass is 10.1. The molecule has 0 spiro atoms. The SMILES string of the molecule is CSCCCCCCNc1cccc(Cl)c1C(N)=S. The first-order valence-corrected chi connectivity index (χ1v) is 8.66. The van der Waals surface area contributed by atoms with Crippen molar-refractivity contribution >= 4 is 46.3 Å². The molecule has 106 valence electrons. The standard InChI is InChI=1S/C14H21ClN2S2/c1-19-10-5-3-2-4-9-17-12-8-6-7-11(15)13(12)14(16)18/h6-8,17H,2-5,9-10H2,1H3,(H2,16,18). The molecule has 0 radical (unpaired) electrons. The highest BCUT2D eigenvalue weighted by Gasteiger charge is 2.08. The first kappa shape index (κ1) is 16.6. The van der Waals surface area contributed by atoms with Gasteiger partial charge in [-0.1, -0.05) is 42.7 Å². The lowest BCUT2D eigenvalue weighted by Crippen LogP contribution is -2.14. The van der Waals surface area contributed by atoms with Crippen LogP contribution in [-0.4, -0.2) is 23.5 Å². The topological polar surface area (TPSA) is 38.0 Å². The number of thioether (sulfide) groups is 1. The van der Waals surface area contributed by atoms with Gasteiger partial charge in [-0.2, -0.15) is 11.8 Å².